The van der Waals surface area contributed by atoms with Crippen LogP contribution in [0.25, 0.3) is 0 Å². The van der Waals surface area contributed by atoms with Gasteiger partial charge < -0.3 is 4.74 Å². The topological polar surface area (TPSA) is 9.23 Å². The van der Waals surface area contributed by atoms with Crippen LogP contribution >= 0.6 is 11.6 Å². The third kappa shape index (κ3) is 1.74. The van der Waals surface area contributed by atoms with Crippen LogP contribution in [0.5, 0.6) is 0 Å². The molecule has 1 rings (SSSR count). The molecule has 1 atom stereocenters. The maximum absolute atomic E-state index is 12.8. The predicted octanol–water partition coefficient (Wildman–Crippen LogP) is 2.38. The number of allylic oxidation sites excluding steroid dienone is 3. The summed E-state index contributed by atoms with van der Waals surface area (Å²) in [6, 6.07) is 0. The van der Waals surface area contributed by atoms with Gasteiger partial charge in [-0.3, -0.25) is 0 Å². The summed E-state index contributed by atoms with van der Waals surface area (Å²) >= 11 is 5.34. The first-order valence-corrected chi connectivity index (χ1v) is 3.33. The van der Waals surface area contributed by atoms with E-state index in [0.717, 1.165) is 0 Å². The highest BCUT2D eigenvalue weighted by atomic mass is 35.5. The van der Waals surface area contributed by atoms with Crippen molar-refractivity contribution >= 4 is 11.6 Å². The van der Waals surface area contributed by atoms with E-state index in [0.29, 0.717) is 12.2 Å². The number of rotatable bonds is 1. The van der Waals surface area contributed by atoms with Gasteiger partial charge in [0.25, 0.3) is 0 Å². The lowest BCUT2D eigenvalue weighted by Gasteiger charge is -2.14. The van der Waals surface area contributed by atoms with Crippen LogP contribution in [0.2, 0.25) is 0 Å². The van der Waals surface area contributed by atoms with Crippen LogP contribution in [0.4, 0.5) is 4.39 Å². The van der Waals surface area contributed by atoms with Crippen LogP contribution in [0.15, 0.2) is 24.0 Å². The number of hydrogen-bond donors (Lipinski definition) is 0. The summed E-state index contributed by atoms with van der Waals surface area (Å²) in [5.74, 6) is 0.569. The molecule has 0 fully saturated rings. The molecule has 0 aromatic rings. The van der Waals surface area contributed by atoms with E-state index in [1.165, 1.54) is 19.3 Å². The molecule has 0 radical (unpaired) electrons. The van der Waals surface area contributed by atoms with Crippen LogP contribution < -0.4 is 0 Å². The van der Waals surface area contributed by atoms with Crippen molar-refractivity contribution in [3.8, 4) is 0 Å². The highest BCUT2D eigenvalue weighted by molar-refractivity contribution is 6.25. The molecule has 0 spiro atoms. The van der Waals surface area contributed by atoms with Crippen molar-refractivity contribution in [1.82, 2.24) is 0 Å². The molecule has 56 valence electrons. The minimum absolute atomic E-state index is 0.569. The number of halogens is 2. The summed E-state index contributed by atoms with van der Waals surface area (Å²) < 4.78 is 17.6. The third-order valence-electron chi connectivity index (χ3n) is 1.27. The molecule has 0 amide bonds. The Bertz CT molecular complexity index is 184. The monoisotopic (exact) mass is 162 g/mol. The predicted molar refractivity (Wildman–Crippen MR) is 38.5 cm³/mol. The largest absolute Gasteiger partial charge is 0.501 e. The van der Waals surface area contributed by atoms with Gasteiger partial charge in [0.15, 0.2) is 0 Å². The SMILES string of the molecule is COC1=CC(F)(Cl)C=CC1. The van der Waals surface area contributed by atoms with Crippen molar-refractivity contribution in [2.24, 2.45) is 0 Å². The molecule has 0 N–H and O–H groups in total. The molecule has 1 aliphatic rings. The highest BCUT2D eigenvalue weighted by Crippen LogP contribution is 2.27. The summed E-state index contributed by atoms with van der Waals surface area (Å²) in [5, 5.41) is -1.84. The quantitative estimate of drug-likeness (QED) is 0.425. The Morgan fingerprint density at radius 1 is 1.80 bits per heavy atom. The van der Waals surface area contributed by atoms with Crippen LogP contribution in [0.3, 0.4) is 0 Å². The van der Waals surface area contributed by atoms with Crippen LogP contribution in [-0.4, -0.2) is 12.2 Å². The fourth-order valence-corrected chi connectivity index (χ4v) is 1.01. The van der Waals surface area contributed by atoms with Gasteiger partial charge in [0.1, 0.15) is 5.76 Å². The van der Waals surface area contributed by atoms with E-state index in [4.69, 9.17) is 16.3 Å². The molecule has 0 aromatic carbocycles. The van der Waals surface area contributed by atoms with E-state index >= 15 is 0 Å². The van der Waals surface area contributed by atoms with E-state index in [-0.39, 0.29) is 0 Å². The van der Waals surface area contributed by atoms with Crippen LogP contribution in [0, 0.1) is 0 Å². The zero-order chi connectivity index (χ0) is 7.61. The summed E-state index contributed by atoms with van der Waals surface area (Å²) in [7, 11) is 1.50. The van der Waals surface area contributed by atoms with Gasteiger partial charge in [0, 0.05) is 12.5 Å². The molecule has 0 aromatic heterocycles. The first kappa shape index (κ1) is 7.61. The minimum Gasteiger partial charge on any atom is -0.501 e. The Balaban J connectivity index is 2.73. The maximum atomic E-state index is 12.8. The molecule has 0 saturated heterocycles. The molecule has 0 heterocycles. The van der Waals surface area contributed by atoms with Crippen molar-refractivity contribution < 1.29 is 9.13 Å². The van der Waals surface area contributed by atoms with Crippen LogP contribution in [-0.2, 0) is 4.74 Å². The average molecular weight is 163 g/mol. The van der Waals surface area contributed by atoms with Gasteiger partial charge in [0.2, 0.25) is 5.13 Å². The lowest BCUT2D eigenvalue weighted by atomic mass is 10.1. The van der Waals surface area contributed by atoms with Crippen molar-refractivity contribution in [3.05, 3.63) is 24.0 Å². The first-order valence-electron chi connectivity index (χ1n) is 2.95. The van der Waals surface area contributed by atoms with Gasteiger partial charge in [-0.1, -0.05) is 17.7 Å². The maximum Gasteiger partial charge on any atom is 0.223 e. The smallest absolute Gasteiger partial charge is 0.223 e. The van der Waals surface area contributed by atoms with Gasteiger partial charge in [-0.05, 0) is 6.08 Å². The molecule has 1 nitrogen and oxygen atoms in total. The summed E-state index contributed by atoms with van der Waals surface area (Å²) in [6.45, 7) is 0. The molecular formula is C7H8ClFO. The minimum atomic E-state index is -1.84. The fraction of sp³-hybridized carbons (Fsp3) is 0.429. The van der Waals surface area contributed by atoms with E-state index in [9.17, 15) is 4.39 Å². The molecule has 10 heavy (non-hydrogen) atoms. The average Bonchev–Trinajstić information content (AvgIpc) is 1.86. The highest BCUT2D eigenvalue weighted by Gasteiger charge is 2.22. The van der Waals surface area contributed by atoms with Crippen molar-refractivity contribution in [2.45, 2.75) is 11.5 Å². The zero-order valence-corrected chi connectivity index (χ0v) is 6.36. The number of alkyl halides is 2. The Morgan fingerprint density at radius 2 is 2.50 bits per heavy atom. The fourth-order valence-electron chi connectivity index (χ4n) is 0.796. The number of methoxy groups -OCH3 is 1. The lowest BCUT2D eigenvalue weighted by molar-refractivity contribution is 0.270. The normalized spacial score (nSPS) is 31.7. The first-order chi connectivity index (χ1) is 4.64. The van der Waals surface area contributed by atoms with Crippen molar-refractivity contribution in [2.75, 3.05) is 7.11 Å². The molecular weight excluding hydrogens is 155 g/mol. The summed E-state index contributed by atoms with van der Waals surface area (Å²) in [5.41, 5.74) is 0. The van der Waals surface area contributed by atoms with Crippen LogP contribution in [0.1, 0.15) is 6.42 Å². The second-order valence-electron chi connectivity index (χ2n) is 2.10. The Labute approximate surface area is 64.1 Å². The van der Waals surface area contributed by atoms with Gasteiger partial charge in [-0.2, -0.15) is 0 Å². The Kier molecular flexibility index (Phi) is 2.00. The van der Waals surface area contributed by atoms with E-state index < -0.39 is 5.13 Å². The van der Waals surface area contributed by atoms with E-state index in [1.54, 1.807) is 6.08 Å². The van der Waals surface area contributed by atoms with Gasteiger partial charge in [-0.15, -0.1) is 0 Å². The molecule has 0 aliphatic heterocycles. The lowest BCUT2D eigenvalue weighted by Crippen LogP contribution is -2.10. The summed E-state index contributed by atoms with van der Waals surface area (Å²) in [4.78, 5) is 0. The van der Waals surface area contributed by atoms with Gasteiger partial charge in [0.05, 0.1) is 7.11 Å². The third-order valence-corrected chi connectivity index (χ3v) is 1.51. The van der Waals surface area contributed by atoms with Crippen molar-refractivity contribution in [1.29, 1.82) is 0 Å². The zero-order valence-electron chi connectivity index (χ0n) is 5.60. The van der Waals surface area contributed by atoms with Gasteiger partial charge >= 0.3 is 0 Å². The Morgan fingerprint density at radius 3 is 2.90 bits per heavy atom. The Hall–Kier alpha value is -0.500. The molecule has 0 saturated carbocycles. The van der Waals surface area contributed by atoms with Crippen molar-refractivity contribution in [3.63, 3.8) is 0 Å². The molecule has 0 bridgehead atoms. The number of hydrogen-bond acceptors (Lipinski definition) is 1. The molecule has 1 unspecified atom stereocenters. The molecule has 1 aliphatic carbocycles. The second kappa shape index (κ2) is 2.62. The van der Waals surface area contributed by atoms with Gasteiger partial charge in [-0.25, -0.2) is 4.39 Å². The molecule has 3 heteroatoms. The van der Waals surface area contributed by atoms with E-state index in [1.807, 2.05) is 0 Å². The second-order valence-corrected chi connectivity index (χ2v) is 2.68. The standard InChI is InChI=1S/C7H8ClFO/c1-10-6-3-2-4-7(8,9)5-6/h2,4-5H,3H2,1H3. The van der Waals surface area contributed by atoms with E-state index in [2.05, 4.69) is 0 Å². The number of ether oxygens (including phenoxy) is 1. The summed E-state index contributed by atoms with van der Waals surface area (Å²) in [6.07, 6.45) is 4.83.